The molecule has 3 atom stereocenters. The van der Waals surface area contributed by atoms with Crippen LogP contribution in [0.5, 0.6) is 0 Å². The molecule has 0 aromatic carbocycles. The van der Waals surface area contributed by atoms with E-state index in [1.807, 2.05) is 13.8 Å². The van der Waals surface area contributed by atoms with Gasteiger partial charge in [0.05, 0.1) is 6.04 Å². The number of amides is 3. The number of hydrogen-bond acceptors (Lipinski definition) is 4. The molecule has 8 nitrogen and oxygen atoms in total. The quantitative estimate of drug-likeness (QED) is 0.476. The largest absolute Gasteiger partial charge is 0.465 e. The van der Waals surface area contributed by atoms with Crippen molar-refractivity contribution >= 4 is 24.2 Å². The number of carbonyl (C=O) groups is 4. The first kappa shape index (κ1) is 18.9. The molecule has 130 valence electrons. The van der Waals surface area contributed by atoms with Crippen LogP contribution in [0.4, 0.5) is 4.79 Å². The molecule has 8 heteroatoms. The summed E-state index contributed by atoms with van der Waals surface area (Å²) in [6.07, 6.45) is 1.37. The Kier molecular flexibility index (Phi) is 7.50. The highest BCUT2D eigenvalue weighted by Gasteiger charge is 2.28. The van der Waals surface area contributed by atoms with Gasteiger partial charge in [0, 0.05) is 12.5 Å². The Morgan fingerprint density at radius 2 is 2.09 bits per heavy atom. The normalized spacial score (nSPS) is 20.3. The third-order valence-corrected chi connectivity index (χ3v) is 3.75. The molecule has 0 spiro atoms. The number of rotatable bonds is 8. The van der Waals surface area contributed by atoms with E-state index in [0.29, 0.717) is 25.7 Å². The zero-order valence-electron chi connectivity index (χ0n) is 13.5. The van der Waals surface area contributed by atoms with Crippen molar-refractivity contribution in [3.05, 3.63) is 0 Å². The monoisotopic (exact) mass is 327 g/mol. The Labute approximate surface area is 135 Å². The highest BCUT2D eigenvalue weighted by atomic mass is 16.4. The molecular weight excluding hydrogens is 302 g/mol. The first-order chi connectivity index (χ1) is 10.8. The van der Waals surface area contributed by atoms with Gasteiger partial charge in [-0.1, -0.05) is 13.8 Å². The van der Waals surface area contributed by atoms with Crippen LogP contribution in [0, 0.1) is 11.8 Å². The summed E-state index contributed by atoms with van der Waals surface area (Å²) in [5.41, 5.74) is 0. The zero-order valence-corrected chi connectivity index (χ0v) is 13.5. The minimum atomic E-state index is -1.29. The van der Waals surface area contributed by atoms with E-state index in [1.165, 1.54) is 0 Å². The Balaban J connectivity index is 2.63. The molecular formula is C15H25N3O5. The molecule has 1 aliphatic heterocycles. The summed E-state index contributed by atoms with van der Waals surface area (Å²) in [5, 5.41) is 16.2. The third kappa shape index (κ3) is 6.66. The highest BCUT2D eigenvalue weighted by Crippen LogP contribution is 2.17. The molecule has 0 saturated carbocycles. The van der Waals surface area contributed by atoms with Crippen molar-refractivity contribution in [3.8, 4) is 0 Å². The summed E-state index contributed by atoms with van der Waals surface area (Å²) in [5.74, 6) is -0.860. The Hall–Kier alpha value is -2.12. The summed E-state index contributed by atoms with van der Waals surface area (Å²) in [6.45, 7) is 4.37. The molecule has 0 bridgehead atoms. The molecule has 1 aliphatic rings. The maximum atomic E-state index is 12.2. The minimum Gasteiger partial charge on any atom is -0.465 e. The van der Waals surface area contributed by atoms with Crippen LogP contribution in [0.25, 0.3) is 0 Å². The van der Waals surface area contributed by atoms with E-state index in [4.69, 9.17) is 5.11 Å². The predicted molar refractivity (Wildman–Crippen MR) is 82.7 cm³/mol. The van der Waals surface area contributed by atoms with E-state index in [9.17, 15) is 19.2 Å². The summed E-state index contributed by atoms with van der Waals surface area (Å²) < 4.78 is 0. The van der Waals surface area contributed by atoms with Crippen molar-refractivity contribution < 1.29 is 24.3 Å². The van der Waals surface area contributed by atoms with Crippen LogP contribution in [0.1, 0.15) is 39.5 Å². The van der Waals surface area contributed by atoms with Gasteiger partial charge in [-0.2, -0.15) is 0 Å². The lowest BCUT2D eigenvalue weighted by atomic mass is 9.91. The lowest BCUT2D eigenvalue weighted by Gasteiger charge is -2.26. The summed E-state index contributed by atoms with van der Waals surface area (Å²) in [7, 11) is 0. The van der Waals surface area contributed by atoms with Crippen LogP contribution in [0.15, 0.2) is 0 Å². The molecule has 0 aromatic heterocycles. The van der Waals surface area contributed by atoms with E-state index >= 15 is 0 Å². The molecule has 23 heavy (non-hydrogen) atoms. The summed E-state index contributed by atoms with van der Waals surface area (Å²) in [4.78, 5) is 45.9. The van der Waals surface area contributed by atoms with Crippen LogP contribution < -0.4 is 16.0 Å². The lowest BCUT2D eigenvalue weighted by molar-refractivity contribution is -0.129. The van der Waals surface area contributed by atoms with Crippen molar-refractivity contribution in [3.63, 3.8) is 0 Å². The van der Waals surface area contributed by atoms with Crippen molar-refractivity contribution in [2.45, 2.75) is 51.6 Å². The van der Waals surface area contributed by atoms with Gasteiger partial charge < -0.3 is 25.9 Å². The smallest absolute Gasteiger partial charge is 0.405 e. The van der Waals surface area contributed by atoms with E-state index < -0.39 is 24.1 Å². The van der Waals surface area contributed by atoms with Gasteiger partial charge in [0.25, 0.3) is 0 Å². The van der Waals surface area contributed by atoms with E-state index in [1.54, 1.807) is 0 Å². The fraction of sp³-hybridized carbons (Fsp3) is 0.733. The second-order valence-electron chi connectivity index (χ2n) is 6.25. The molecule has 0 aliphatic carbocycles. The van der Waals surface area contributed by atoms with Gasteiger partial charge in [-0.15, -0.1) is 0 Å². The molecule has 1 heterocycles. The second kappa shape index (κ2) is 9.12. The number of hydrogen-bond donors (Lipinski definition) is 4. The molecule has 4 N–H and O–H groups in total. The van der Waals surface area contributed by atoms with Gasteiger partial charge in [-0.05, 0) is 31.6 Å². The van der Waals surface area contributed by atoms with Crippen molar-refractivity contribution in [1.29, 1.82) is 0 Å². The third-order valence-electron chi connectivity index (χ3n) is 3.75. The van der Waals surface area contributed by atoms with E-state index in [0.717, 1.165) is 6.42 Å². The lowest BCUT2D eigenvalue weighted by Crippen LogP contribution is -2.51. The molecule has 0 radical (unpaired) electrons. The van der Waals surface area contributed by atoms with Crippen LogP contribution >= 0.6 is 0 Å². The van der Waals surface area contributed by atoms with Gasteiger partial charge in [-0.3, -0.25) is 9.59 Å². The average Bonchev–Trinajstić information content (AvgIpc) is 2.47. The SMILES string of the molecule is CC(C)CC(NC(=O)O)C(=O)NC(C=O)CC1CCCNC1=O. The fourth-order valence-corrected chi connectivity index (χ4v) is 2.65. The molecule has 0 aromatic rings. The molecule has 1 rings (SSSR count). The summed E-state index contributed by atoms with van der Waals surface area (Å²) in [6, 6.07) is -1.73. The average molecular weight is 327 g/mol. The van der Waals surface area contributed by atoms with Crippen molar-refractivity contribution in [1.82, 2.24) is 16.0 Å². The van der Waals surface area contributed by atoms with Gasteiger partial charge in [-0.25, -0.2) is 4.79 Å². The topological polar surface area (TPSA) is 125 Å². The van der Waals surface area contributed by atoms with Crippen LogP contribution in [0.3, 0.4) is 0 Å². The molecule has 1 fully saturated rings. The Bertz CT molecular complexity index is 452. The standard InChI is InChI=1S/C15H25N3O5/c1-9(2)6-12(18-15(22)23)14(21)17-11(8-19)7-10-4-3-5-16-13(10)20/h8-12,18H,3-7H2,1-2H3,(H,16,20)(H,17,21)(H,22,23). The molecule has 3 unspecified atom stereocenters. The van der Waals surface area contributed by atoms with Gasteiger partial charge in [0.15, 0.2) is 0 Å². The second-order valence-corrected chi connectivity index (χ2v) is 6.25. The first-order valence-electron chi connectivity index (χ1n) is 7.86. The fourth-order valence-electron chi connectivity index (χ4n) is 2.65. The first-order valence-corrected chi connectivity index (χ1v) is 7.86. The van der Waals surface area contributed by atoms with E-state index in [2.05, 4.69) is 16.0 Å². The predicted octanol–water partition coefficient (Wildman–Crippen LogP) is 0.269. The Morgan fingerprint density at radius 3 is 2.61 bits per heavy atom. The maximum absolute atomic E-state index is 12.2. The maximum Gasteiger partial charge on any atom is 0.405 e. The highest BCUT2D eigenvalue weighted by molar-refractivity contribution is 5.87. The van der Waals surface area contributed by atoms with Crippen molar-refractivity contribution in [2.75, 3.05) is 6.54 Å². The summed E-state index contributed by atoms with van der Waals surface area (Å²) >= 11 is 0. The van der Waals surface area contributed by atoms with Gasteiger partial charge in [0.2, 0.25) is 11.8 Å². The molecule has 3 amide bonds. The van der Waals surface area contributed by atoms with Gasteiger partial charge >= 0.3 is 6.09 Å². The van der Waals surface area contributed by atoms with E-state index in [-0.39, 0.29) is 24.2 Å². The van der Waals surface area contributed by atoms with Gasteiger partial charge in [0.1, 0.15) is 12.3 Å². The Morgan fingerprint density at radius 1 is 1.39 bits per heavy atom. The van der Waals surface area contributed by atoms with Crippen molar-refractivity contribution in [2.24, 2.45) is 11.8 Å². The number of aldehydes is 1. The zero-order chi connectivity index (χ0) is 17.4. The van der Waals surface area contributed by atoms with Crippen LogP contribution in [0.2, 0.25) is 0 Å². The number of nitrogens with one attached hydrogen (secondary N) is 3. The minimum absolute atomic E-state index is 0.108. The van der Waals surface area contributed by atoms with Crippen LogP contribution in [-0.4, -0.2) is 47.9 Å². The number of carbonyl (C=O) groups excluding carboxylic acids is 3. The number of carboxylic acid groups (broad SMARTS) is 1. The number of piperidine rings is 1. The van der Waals surface area contributed by atoms with Crippen LogP contribution in [-0.2, 0) is 14.4 Å². The molecule has 1 saturated heterocycles.